The lowest BCUT2D eigenvalue weighted by Crippen LogP contribution is -2.34. The van der Waals surface area contributed by atoms with Gasteiger partial charge in [0.05, 0.1) is 13.2 Å². The predicted molar refractivity (Wildman–Crippen MR) is 101 cm³/mol. The number of halogens is 1. The van der Waals surface area contributed by atoms with Crippen LogP contribution in [0.3, 0.4) is 0 Å². The molecule has 1 amide bonds. The van der Waals surface area contributed by atoms with Gasteiger partial charge in [-0.05, 0) is 23.3 Å². The molecule has 0 heterocycles. The smallest absolute Gasteiger partial charge is 0.234 e. The number of rotatable bonds is 10. The summed E-state index contributed by atoms with van der Waals surface area (Å²) in [6, 6.07) is 17.8. The average molecular weight is 365 g/mol. The van der Waals surface area contributed by atoms with Gasteiger partial charge in [-0.15, -0.1) is 12.4 Å². The van der Waals surface area contributed by atoms with Crippen molar-refractivity contribution in [1.29, 1.82) is 0 Å². The Morgan fingerprint density at radius 3 is 2.36 bits per heavy atom. The summed E-state index contributed by atoms with van der Waals surface area (Å²) in [6.07, 6.45) is 0. The van der Waals surface area contributed by atoms with E-state index in [1.165, 1.54) is 0 Å². The number of benzene rings is 2. The monoisotopic (exact) mass is 364 g/mol. The van der Waals surface area contributed by atoms with Gasteiger partial charge in [0.1, 0.15) is 12.4 Å². The Hall–Kier alpha value is -2.08. The minimum absolute atomic E-state index is 0. The molecule has 2 N–H and O–H groups in total. The van der Waals surface area contributed by atoms with Crippen molar-refractivity contribution in [3.63, 3.8) is 0 Å². The number of para-hydroxylation sites is 1. The normalized spacial score (nSPS) is 9.96. The summed E-state index contributed by atoms with van der Waals surface area (Å²) < 4.78 is 10.6. The van der Waals surface area contributed by atoms with Crippen molar-refractivity contribution in [3.05, 3.63) is 65.7 Å². The van der Waals surface area contributed by atoms with Crippen LogP contribution in [-0.2, 0) is 22.7 Å². The number of hydrogen-bond acceptors (Lipinski definition) is 4. The molecule has 0 unspecified atom stereocenters. The minimum atomic E-state index is -0.0254. The zero-order valence-electron chi connectivity index (χ0n) is 14.4. The van der Waals surface area contributed by atoms with Crippen molar-refractivity contribution < 1.29 is 14.3 Å². The van der Waals surface area contributed by atoms with Gasteiger partial charge in [0.25, 0.3) is 0 Å². The lowest BCUT2D eigenvalue weighted by molar-refractivity contribution is -0.120. The zero-order chi connectivity index (χ0) is 17.0. The van der Waals surface area contributed by atoms with Crippen LogP contribution in [0.15, 0.2) is 54.6 Å². The molecule has 0 saturated heterocycles. The van der Waals surface area contributed by atoms with Crippen LogP contribution in [0.2, 0.25) is 0 Å². The maximum absolute atomic E-state index is 11.7. The van der Waals surface area contributed by atoms with Gasteiger partial charge in [-0.25, -0.2) is 0 Å². The summed E-state index contributed by atoms with van der Waals surface area (Å²) >= 11 is 0. The van der Waals surface area contributed by atoms with Gasteiger partial charge in [0.2, 0.25) is 5.91 Å². The molecule has 6 heteroatoms. The summed E-state index contributed by atoms with van der Waals surface area (Å²) in [7, 11) is 1.64. The van der Waals surface area contributed by atoms with E-state index in [-0.39, 0.29) is 18.3 Å². The fourth-order valence-corrected chi connectivity index (χ4v) is 2.08. The number of amides is 1. The third kappa shape index (κ3) is 8.54. The Kier molecular flexibility index (Phi) is 10.3. The molecule has 5 nitrogen and oxygen atoms in total. The van der Waals surface area contributed by atoms with Crippen LogP contribution in [0, 0.1) is 0 Å². The molecule has 0 fully saturated rings. The molecule has 2 rings (SSSR count). The molecule has 0 aromatic heterocycles. The van der Waals surface area contributed by atoms with Crippen LogP contribution >= 0.6 is 12.4 Å². The van der Waals surface area contributed by atoms with E-state index in [1.54, 1.807) is 7.11 Å². The lowest BCUT2D eigenvalue weighted by atomic mass is 10.1. The van der Waals surface area contributed by atoms with Gasteiger partial charge in [0.15, 0.2) is 0 Å². The number of carbonyl (C=O) groups is 1. The SMILES string of the molecule is COCCNCC(=O)NCc1ccc(COc2ccccc2)cc1.Cl. The molecule has 0 aliphatic heterocycles. The third-order valence-electron chi connectivity index (χ3n) is 3.43. The first-order valence-electron chi connectivity index (χ1n) is 8.00. The lowest BCUT2D eigenvalue weighted by Gasteiger charge is -2.08. The van der Waals surface area contributed by atoms with E-state index in [9.17, 15) is 4.79 Å². The van der Waals surface area contributed by atoms with Gasteiger partial charge in [-0.3, -0.25) is 4.79 Å². The van der Waals surface area contributed by atoms with Crippen LogP contribution in [0.4, 0.5) is 0 Å². The Bertz CT molecular complexity index is 606. The molecular weight excluding hydrogens is 340 g/mol. The number of carbonyl (C=O) groups excluding carboxylic acids is 1. The van der Waals surface area contributed by atoms with Crippen LogP contribution < -0.4 is 15.4 Å². The third-order valence-corrected chi connectivity index (χ3v) is 3.43. The maximum Gasteiger partial charge on any atom is 0.234 e. The molecule has 0 saturated carbocycles. The van der Waals surface area contributed by atoms with Gasteiger partial charge in [0, 0.05) is 20.2 Å². The number of hydrogen-bond donors (Lipinski definition) is 2. The topological polar surface area (TPSA) is 59.6 Å². The van der Waals surface area contributed by atoms with E-state index in [0.717, 1.165) is 16.9 Å². The highest BCUT2D eigenvalue weighted by Gasteiger charge is 2.01. The van der Waals surface area contributed by atoms with Gasteiger partial charge < -0.3 is 20.1 Å². The Balaban J connectivity index is 0.00000312. The van der Waals surface area contributed by atoms with Gasteiger partial charge >= 0.3 is 0 Å². The van der Waals surface area contributed by atoms with Crippen molar-refractivity contribution in [1.82, 2.24) is 10.6 Å². The van der Waals surface area contributed by atoms with E-state index >= 15 is 0 Å². The van der Waals surface area contributed by atoms with Crippen LogP contribution in [0.5, 0.6) is 5.75 Å². The van der Waals surface area contributed by atoms with E-state index in [0.29, 0.717) is 32.8 Å². The first-order valence-corrected chi connectivity index (χ1v) is 8.00. The van der Waals surface area contributed by atoms with Crippen molar-refractivity contribution in [2.75, 3.05) is 26.8 Å². The minimum Gasteiger partial charge on any atom is -0.489 e. The van der Waals surface area contributed by atoms with Crippen molar-refractivity contribution >= 4 is 18.3 Å². The molecule has 0 atom stereocenters. The fourth-order valence-electron chi connectivity index (χ4n) is 2.08. The van der Waals surface area contributed by atoms with Crippen LogP contribution in [-0.4, -0.2) is 32.7 Å². The maximum atomic E-state index is 11.7. The standard InChI is InChI=1S/C19H24N2O3.ClH/c1-23-12-11-20-14-19(22)21-13-16-7-9-17(10-8-16)15-24-18-5-3-2-4-6-18;/h2-10,20H,11-15H2,1H3,(H,21,22);1H. The Labute approximate surface area is 155 Å². The van der Waals surface area contributed by atoms with Crippen molar-refractivity contribution in [2.24, 2.45) is 0 Å². The largest absolute Gasteiger partial charge is 0.489 e. The highest BCUT2D eigenvalue weighted by Crippen LogP contribution is 2.12. The highest BCUT2D eigenvalue weighted by atomic mass is 35.5. The second-order valence-corrected chi connectivity index (χ2v) is 5.36. The fraction of sp³-hybridized carbons (Fsp3) is 0.316. The van der Waals surface area contributed by atoms with Crippen molar-refractivity contribution in [2.45, 2.75) is 13.2 Å². The summed E-state index contributed by atoms with van der Waals surface area (Å²) in [6.45, 7) is 2.61. The molecule has 2 aromatic carbocycles. The van der Waals surface area contributed by atoms with E-state index in [1.807, 2.05) is 54.6 Å². The molecule has 25 heavy (non-hydrogen) atoms. The number of methoxy groups -OCH3 is 1. The van der Waals surface area contributed by atoms with E-state index < -0.39 is 0 Å². The number of ether oxygens (including phenoxy) is 2. The second-order valence-electron chi connectivity index (χ2n) is 5.36. The molecule has 0 radical (unpaired) electrons. The van der Waals surface area contributed by atoms with E-state index in [4.69, 9.17) is 9.47 Å². The van der Waals surface area contributed by atoms with Gasteiger partial charge in [-0.2, -0.15) is 0 Å². The summed E-state index contributed by atoms with van der Waals surface area (Å²) in [5.74, 6) is 0.831. The second kappa shape index (κ2) is 12.3. The van der Waals surface area contributed by atoms with E-state index in [2.05, 4.69) is 10.6 Å². The Morgan fingerprint density at radius 2 is 1.68 bits per heavy atom. The number of nitrogens with one attached hydrogen (secondary N) is 2. The summed E-state index contributed by atoms with van der Waals surface area (Å²) in [5.41, 5.74) is 2.15. The molecule has 0 bridgehead atoms. The average Bonchev–Trinajstić information content (AvgIpc) is 2.63. The highest BCUT2D eigenvalue weighted by molar-refractivity contribution is 5.85. The summed E-state index contributed by atoms with van der Waals surface area (Å²) in [4.78, 5) is 11.7. The molecule has 136 valence electrons. The predicted octanol–water partition coefficient (Wildman–Crippen LogP) is 2.54. The first kappa shape index (κ1) is 21.0. The quantitative estimate of drug-likeness (QED) is 0.636. The molecular formula is C19H25ClN2O3. The molecule has 0 aliphatic carbocycles. The Morgan fingerprint density at radius 1 is 1.00 bits per heavy atom. The summed E-state index contributed by atoms with van der Waals surface area (Å²) in [5, 5.41) is 5.89. The molecule has 2 aromatic rings. The van der Waals surface area contributed by atoms with Crippen LogP contribution in [0.1, 0.15) is 11.1 Å². The molecule has 0 spiro atoms. The van der Waals surface area contributed by atoms with Crippen LogP contribution in [0.25, 0.3) is 0 Å². The molecule has 0 aliphatic rings. The zero-order valence-corrected chi connectivity index (χ0v) is 15.2. The van der Waals surface area contributed by atoms with Gasteiger partial charge in [-0.1, -0.05) is 42.5 Å². The first-order chi connectivity index (χ1) is 11.8. The van der Waals surface area contributed by atoms with Crippen molar-refractivity contribution in [3.8, 4) is 5.75 Å².